The van der Waals surface area contributed by atoms with Crippen LogP contribution in [0, 0.1) is 6.92 Å². The van der Waals surface area contributed by atoms with Gasteiger partial charge in [0.2, 0.25) is 10.0 Å². The molecule has 150 valence electrons. The van der Waals surface area contributed by atoms with Crippen LogP contribution in [0.15, 0.2) is 36.4 Å². The van der Waals surface area contributed by atoms with Gasteiger partial charge in [-0.2, -0.15) is 4.31 Å². The number of sulfonamides is 1. The summed E-state index contributed by atoms with van der Waals surface area (Å²) in [6.07, 6.45) is 1.00. The molecule has 0 fully saturated rings. The maximum Gasteiger partial charge on any atom is 0.265 e. The van der Waals surface area contributed by atoms with Gasteiger partial charge in [-0.25, -0.2) is 8.42 Å². The second-order valence-electron chi connectivity index (χ2n) is 6.97. The second kappa shape index (κ2) is 8.11. The van der Waals surface area contributed by atoms with Crippen molar-refractivity contribution in [2.24, 2.45) is 0 Å². The summed E-state index contributed by atoms with van der Waals surface area (Å²) < 4.78 is 30.8. The van der Waals surface area contributed by atoms with Crippen molar-refractivity contribution >= 4 is 33.2 Å². The first-order valence-corrected chi connectivity index (χ1v) is 11.2. The van der Waals surface area contributed by atoms with E-state index in [9.17, 15) is 13.2 Å². The van der Waals surface area contributed by atoms with E-state index in [4.69, 9.17) is 16.3 Å². The zero-order valence-corrected chi connectivity index (χ0v) is 17.6. The van der Waals surface area contributed by atoms with E-state index in [1.54, 1.807) is 19.1 Å². The van der Waals surface area contributed by atoms with Gasteiger partial charge in [-0.05, 0) is 55.2 Å². The molecule has 1 amide bonds. The molecule has 1 heterocycles. The Morgan fingerprint density at radius 3 is 2.75 bits per heavy atom. The number of hydrogen-bond donors (Lipinski definition) is 1. The lowest BCUT2D eigenvalue weighted by atomic mass is 9.99. The fourth-order valence-electron chi connectivity index (χ4n) is 3.16. The van der Waals surface area contributed by atoms with Crippen LogP contribution in [0.4, 0.5) is 5.69 Å². The van der Waals surface area contributed by atoms with E-state index in [-0.39, 0.29) is 5.91 Å². The molecule has 1 atom stereocenters. The zero-order valence-electron chi connectivity index (χ0n) is 16.0. The molecule has 6 nitrogen and oxygen atoms in total. The van der Waals surface area contributed by atoms with Crippen LogP contribution in [-0.4, -0.2) is 37.5 Å². The number of benzene rings is 2. The number of nitrogens with one attached hydrogen (secondary N) is 1. The summed E-state index contributed by atoms with van der Waals surface area (Å²) in [5.74, 6) is 0.166. The number of carbonyl (C=O) groups excluding carboxylic acids is 1. The fourth-order valence-corrected chi connectivity index (χ4v) is 4.12. The first-order valence-electron chi connectivity index (χ1n) is 8.94. The quantitative estimate of drug-likeness (QED) is 0.801. The lowest BCUT2D eigenvalue weighted by Gasteiger charge is -2.28. The van der Waals surface area contributed by atoms with E-state index in [0.717, 1.165) is 16.7 Å². The molecule has 0 aliphatic carbocycles. The van der Waals surface area contributed by atoms with Crippen LogP contribution in [0.1, 0.15) is 23.6 Å². The number of aryl methyl sites for hydroxylation is 1. The Morgan fingerprint density at radius 1 is 1.29 bits per heavy atom. The van der Waals surface area contributed by atoms with Crippen molar-refractivity contribution in [1.29, 1.82) is 0 Å². The van der Waals surface area contributed by atoms with Crippen molar-refractivity contribution in [2.45, 2.75) is 32.9 Å². The summed E-state index contributed by atoms with van der Waals surface area (Å²) in [6, 6.07) is 10.9. The van der Waals surface area contributed by atoms with Crippen LogP contribution in [0.3, 0.4) is 0 Å². The zero-order chi connectivity index (χ0) is 20.5. The Kier molecular flexibility index (Phi) is 5.98. The van der Waals surface area contributed by atoms with Crippen LogP contribution < -0.4 is 10.1 Å². The van der Waals surface area contributed by atoms with Crippen molar-refractivity contribution in [3.05, 3.63) is 58.1 Å². The lowest BCUT2D eigenvalue weighted by molar-refractivity contribution is -0.122. The highest BCUT2D eigenvalue weighted by Gasteiger charge is 2.25. The van der Waals surface area contributed by atoms with Gasteiger partial charge >= 0.3 is 0 Å². The van der Waals surface area contributed by atoms with Gasteiger partial charge in [0.05, 0.1) is 11.3 Å². The molecule has 1 N–H and O–H groups in total. The van der Waals surface area contributed by atoms with Crippen LogP contribution in [0.2, 0.25) is 5.02 Å². The molecule has 0 radical (unpaired) electrons. The number of nitrogens with zero attached hydrogens (tertiary/aromatic N) is 1. The molecule has 0 aromatic heterocycles. The van der Waals surface area contributed by atoms with Crippen LogP contribution in [-0.2, 0) is 27.8 Å². The van der Waals surface area contributed by atoms with Gasteiger partial charge in [0.15, 0.2) is 6.10 Å². The molecule has 0 saturated carbocycles. The largest absolute Gasteiger partial charge is 0.479 e. The van der Waals surface area contributed by atoms with Crippen LogP contribution in [0.5, 0.6) is 5.75 Å². The smallest absolute Gasteiger partial charge is 0.265 e. The lowest BCUT2D eigenvalue weighted by Crippen LogP contribution is -2.36. The van der Waals surface area contributed by atoms with Crippen LogP contribution >= 0.6 is 11.6 Å². The average molecular weight is 423 g/mol. The summed E-state index contributed by atoms with van der Waals surface area (Å²) in [4.78, 5) is 12.6. The predicted molar refractivity (Wildman–Crippen MR) is 110 cm³/mol. The number of fused-ring (bicyclic) bond motifs is 1. The Hall–Kier alpha value is -2.09. The molecule has 0 spiro atoms. The molecule has 3 rings (SSSR count). The number of carbonyl (C=O) groups is 1. The summed E-state index contributed by atoms with van der Waals surface area (Å²) in [5.41, 5.74) is 3.52. The predicted octanol–water partition coefficient (Wildman–Crippen LogP) is 3.37. The first-order chi connectivity index (χ1) is 13.1. The van der Waals surface area contributed by atoms with Gasteiger partial charge in [0.25, 0.3) is 5.91 Å². The van der Waals surface area contributed by atoms with Gasteiger partial charge in [-0.1, -0.05) is 29.8 Å². The van der Waals surface area contributed by atoms with Crippen molar-refractivity contribution in [2.75, 3.05) is 18.1 Å². The van der Waals surface area contributed by atoms with Crippen molar-refractivity contribution in [1.82, 2.24) is 4.31 Å². The maximum absolute atomic E-state index is 12.6. The molecular weight excluding hydrogens is 400 g/mol. The van der Waals surface area contributed by atoms with Crippen molar-refractivity contribution < 1.29 is 17.9 Å². The van der Waals surface area contributed by atoms with Crippen LogP contribution in [0.25, 0.3) is 0 Å². The summed E-state index contributed by atoms with van der Waals surface area (Å²) in [5, 5.41) is 3.35. The third kappa shape index (κ3) is 4.66. The molecule has 2 aromatic carbocycles. The highest BCUT2D eigenvalue weighted by molar-refractivity contribution is 7.88. The SMILES string of the molecule is Cc1ccc(Cl)c(OC(C)C(=O)Nc2cccc3c2CCN(S(C)(=O)=O)C3)c1. The Bertz CT molecular complexity index is 1010. The minimum absolute atomic E-state index is 0.295. The molecule has 0 saturated heterocycles. The van der Waals surface area contributed by atoms with Crippen molar-refractivity contribution in [3.63, 3.8) is 0 Å². The number of halogens is 1. The number of rotatable bonds is 5. The van der Waals surface area contributed by atoms with E-state index in [0.29, 0.717) is 36.0 Å². The number of amides is 1. The monoisotopic (exact) mass is 422 g/mol. The van der Waals surface area contributed by atoms with Gasteiger partial charge in [-0.3, -0.25) is 4.79 Å². The molecule has 8 heteroatoms. The molecule has 2 aromatic rings. The summed E-state index contributed by atoms with van der Waals surface area (Å²) >= 11 is 6.14. The van der Waals surface area contributed by atoms with Gasteiger partial charge in [-0.15, -0.1) is 0 Å². The molecule has 1 unspecified atom stereocenters. The molecule has 1 aliphatic heterocycles. The van der Waals surface area contributed by atoms with E-state index in [1.165, 1.54) is 10.6 Å². The molecular formula is C20H23ClN2O4S. The highest BCUT2D eigenvalue weighted by Crippen LogP contribution is 2.29. The minimum atomic E-state index is -3.25. The maximum atomic E-state index is 12.6. The van der Waals surface area contributed by atoms with Gasteiger partial charge < -0.3 is 10.1 Å². The van der Waals surface area contributed by atoms with E-state index in [1.807, 2.05) is 31.2 Å². The van der Waals surface area contributed by atoms with E-state index >= 15 is 0 Å². The molecule has 28 heavy (non-hydrogen) atoms. The normalized spacial score (nSPS) is 15.6. The van der Waals surface area contributed by atoms with Crippen molar-refractivity contribution in [3.8, 4) is 5.75 Å². The van der Waals surface area contributed by atoms with E-state index in [2.05, 4.69) is 5.32 Å². The number of ether oxygens (including phenoxy) is 1. The number of anilines is 1. The Labute approximate surface area is 170 Å². The average Bonchev–Trinajstić information content (AvgIpc) is 2.63. The second-order valence-corrected chi connectivity index (χ2v) is 9.36. The topological polar surface area (TPSA) is 75.7 Å². The van der Waals surface area contributed by atoms with Gasteiger partial charge in [0.1, 0.15) is 5.75 Å². The Balaban J connectivity index is 1.74. The highest BCUT2D eigenvalue weighted by atomic mass is 35.5. The molecule has 0 bridgehead atoms. The molecule has 1 aliphatic rings. The number of hydrogen-bond acceptors (Lipinski definition) is 4. The Morgan fingerprint density at radius 2 is 2.04 bits per heavy atom. The standard InChI is InChI=1S/C20H23ClN2O4S/c1-13-7-8-17(21)19(11-13)27-14(2)20(24)22-18-6-4-5-15-12-23(28(3,25)26)10-9-16(15)18/h4-8,11,14H,9-10,12H2,1-3H3,(H,22,24). The third-order valence-corrected chi connectivity index (χ3v) is 6.28. The fraction of sp³-hybridized carbons (Fsp3) is 0.350. The summed E-state index contributed by atoms with van der Waals surface area (Å²) in [7, 11) is -3.25. The summed E-state index contributed by atoms with van der Waals surface area (Å²) in [6.45, 7) is 4.28. The van der Waals surface area contributed by atoms with E-state index < -0.39 is 16.1 Å². The minimum Gasteiger partial charge on any atom is -0.479 e. The van der Waals surface area contributed by atoms with Gasteiger partial charge in [0, 0.05) is 18.8 Å². The first kappa shape index (κ1) is 20.6. The third-order valence-electron chi connectivity index (χ3n) is 4.72.